The van der Waals surface area contributed by atoms with Crippen LogP contribution in [0, 0.1) is 0 Å². The van der Waals surface area contributed by atoms with Crippen molar-refractivity contribution in [1.82, 2.24) is 19.6 Å². The number of likely N-dealkylation sites (N-methyl/N-ethyl adjacent to an activating group) is 1. The van der Waals surface area contributed by atoms with E-state index in [2.05, 4.69) is 24.7 Å². The molecule has 202 valence electrons. The SMILES string of the molecule is C[N+](C/C=C/C1=C(C(=O)[O-])N2C(=O)[C@@H](NC(=O)/C(=N\OCF)c3nsc(N)n3)[C@@H]2SC1)(CCO)CCO. The lowest BCUT2D eigenvalue weighted by molar-refractivity contribution is -0.904. The summed E-state index contributed by atoms with van der Waals surface area (Å²) in [6.45, 7) is -0.288. The van der Waals surface area contributed by atoms with Crippen LogP contribution in [0.25, 0.3) is 0 Å². The molecule has 37 heavy (non-hydrogen) atoms. The standard InChI is InChI=1S/C20H26FN7O7S2/c1-28(5-7-29,6-8-30)4-2-3-11-9-36-18-13(17(32)27(18)14(11)19(33)34)23-16(31)12(25-35-10-21)15-24-20(22)37-26-15/h2-3,13,18,29-30H,4-10H2,1H3,(H3-,22,23,24,26,31,33,34)/b3-2+,25-12-/t13-,18+/m1/s1. The van der Waals surface area contributed by atoms with E-state index in [0.29, 0.717) is 29.7 Å². The number of aromatic nitrogens is 2. The van der Waals surface area contributed by atoms with Crippen molar-refractivity contribution in [2.24, 2.45) is 5.16 Å². The molecule has 3 rings (SSSR count). The first-order chi connectivity index (χ1) is 17.7. The third-order valence-corrected chi connectivity index (χ3v) is 7.54. The van der Waals surface area contributed by atoms with Gasteiger partial charge in [0.15, 0.2) is 5.13 Å². The number of nitrogens with two attached hydrogens (primary N) is 1. The lowest BCUT2D eigenvalue weighted by Crippen LogP contribution is -2.71. The van der Waals surface area contributed by atoms with Crippen LogP contribution in [0.5, 0.6) is 0 Å². The molecule has 0 bridgehead atoms. The first-order valence-electron chi connectivity index (χ1n) is 10.9. The average molecular weight is 560 g/mol. The topological polar surface area (TPSA) is 203 Å². The Bertz CT molecular complexity index is 1120. The monoisotopic (exact) mass is 559 g/mol. The van der Waals surface area contributed by atoms with Gasteiger partial charge >= 0.3 is 0 Å². The van der Waals surface area contributed by atoms with Gasteiger partial charge in [0.1, 0.15) is 24.5 Å². The normalized spacial score (nSPS) is 20.2. The molecule has 2 amide bonds. The van der Waals surface area contributed by atoms with E-state index in [4.69, 9.17) is 5.73 Å². The van der Waals surface area contributed by atoms with E-state index < -0.39 is 41.8 Å². The fourth-order valence-electron chi connectivity index (χ4n) is 3.80. The third kappa shape index (κ3) is 6.42. The number of carbonyl (C=O) groups excluding carboxylic acids is 3. The van der Waals surface area contributed by atoms with Crippen LogP contribution in [0.1, 0.15) is 5.82 Å². The van der Waals surface area contributed by atoms with Gasteiger partial charge in [0, 0.05) is 17.3 Å². The van der Waals surface area contributed by atoms with Gasteiger partial charge in [-0.15, -0.1) is 11.8 Å². The molecule has 1 saturated heterocycles. The van der Waals surface area contributed by atoms with E-state index in [1.807, 2.05) is 7.05 Å². The van der Waals surface area contributed by atoms with Crippen molar-refractivity contribution >= 4 is 51.9 Å². The van der Waals surface area contributed by atoms with Crippen molar-refractivity contribution < 1.29 is 43.4 Å². The Balaban J connectivity index is 1.76. The van der Waals surface area contributed by atoms with Gasteiger partial charge in [0.2, 0.25) is 11.5 Å². The molecule has 1 aromatic rings. The fraction of sp³-hybridized carbons (Fsp3) is 0.500. The molecule has 3 heterocycles. The van der Waals surface area contributed by atoms with Crippen molar-refractivity contribution in [3.05, 3.63) is 29.2 Å². The molecule has 1 fully saturated rings. The highest BCUT2D eigenvalue weighted by Gasteiger charge is 2.53. The number of amides is 2. The summed E-state index contributed by atoms with van der Waals surface area (Å²) in [5.74, 6) is -3.18. The minimum atomic E-state index is -1.55. The predicted molar refractivity (Wildman–Crippen MR) is 129 cm³/mol. The van der Waals surface area contributed by atoms with Crippen molar-refractivity contribution in [3.8, 4) is 0 Å². The quantitative estimate of drug-likeness (QED) is 0.0839. The molecule has 5 N–H and O–H groups in total. The minimum absolute atomic E-state index is 0.0284. The van der Waals surface area contributed by atoms with Crippen LogP contribution < -0.4 is 16.2 Å². The Labute approximate surface area is 219 Å². The maximum Gasteiger partial charge on any atom is 0.278 e. The van der Waals surface area contributed by atoms with Gasteiger partial charge in [-0.25, -0.2) is 4.39 Å². The minimum Gasteiger partial charge on any atom is -0.543 e. The second-order valence-corrected chi connectivity index (χ2v) is 10.1. The maximum absolute atomic E-state index is 12.9. The van der Waals surface area contributed by atoms with Gasteiger partial charge in [-0.1, -0.05) is 11.2 Å². The molecule has 0 unspecified atom stereocenters. The van der Waals surface area contributed by atoms with Crippen LogP contribution in [-0.2, 0) is 19.2 Å². The number of nitrogens with one attached hydrogen (secondary N) is 1. The molecule has 2 aliphatic heterocycles. The highest BCUT2D eigenvalue weighted by Crippen LogP contribution is 2.40. The number of anilines is 1. The van der Waals surface area contributed by atoms with Crippen LogP contribution in [0.3, 0.4) is 0 Å². The zero-order valence-corrected chi connectivity index (χ0v) is 21.3. The molecule has 2 aliphatic rings. The summed E-state index contributed by atoms with van der Waals surface area (Å²) < 4.78 is 16.6. The number of alkyl halides is 1. The number of rotatable bonds is 13. The number of halogens is 1. The van der Waals surface area contributed by atoms with Gasteiger partial charge < -0.3 is 40.5 Å². The number of oxime groups is 1. The molecule has 0 aromatic carbocycles. The zero-order chi connectivity index (χ0) is 27.2. The van der Waals surface area contributed by atoms with Gasteiger partial charge in [-0.2, -0.15) is 9.36 Å². The van der Waals surface area contributed by atoms with Crippen molar-refractivity contribution in [2.75, 3.05) is 58.2 Å². The lowest BCUT2D eigenvalue weighted by atomic mass is 10.0. The van der Waals surface area contributed by atoms with Crippen molar-refractivity contribution in [3.63, 3.8) is 0 Å². The highest BCUT2D eigenvalue weighted by atomic mass is 32.2. The molecule has 0 spiro atoms. The number of aliphatic carboxylic acids is 1. The van der Waals surface area contributed by atoms with Crippen LogP contribution in [-0.4, -0.2) is 116 Å². The average Bonchev–Trinajstić information content (AvgIpc) is 3.28. The van der Waals surface area contributed by atoms with E-state index in [9.17, 15) is 34.1 Å². The number of hydrogen-bond acceptors (Lipinski definition) is 13. The summed E-state index contributed by atoms with van der Waals surface area (Å²) in [6, 6.07) is -1.10. The molecule has 0 radical (unpaired) electrons. The number of aliphatic hydroxyl groups is 2. The number of β-lactam (4-membered cyclic amide) rings is 1. The van der Waals surface area contributed by atoms with Crippen molar-refractivity contribution in [2.45, 2.75) is 11.4 Å². The van der Waals surface area contributed by atoms with Gasteiger partial charge in [-0.3, -0.25) is 14.5 Å². The predicted octanol–water partition coefficient (Wildman–Crippen LogP) is -2.84. The van der Waals surface area contributed by atoms with Gasteiger partial charge in [0.25, 0.3) is 18.7 Å². The Hall–Kier alpha value is -3.12. The van der Waals surface area contributed by atoms with Crippen LogP contribution in [0.15, 0.2) is 28.6 Å². The fourth-order valence-corrected chi connectivity index (χ4v) is 5.55. The zero-order valence-electron chi connectivity index (χ0n) is 19.7. The number of thioether (sulfide) groups is 1. The molecule has 2 atom stereocenters. The summed E-state index contributed by atoms with van der Waals surface area (Å²) in [5.41, 5.74) is 5.06. The van der Waals surface area contributed by atoms with Crippen LogP contribution in [0.4, 0.5) is 9.52 Å². The van der Waals surface area contributed by atoms with Crippen LogP contribution in [0.2, 0.25) is 0 Å². The molecular weight excluding hydrogens is 533 g/mol. The number of nitrogen functional groups attached to an aromatic ring is 1. The lowest BCUT2D eigenvalue weighted by Gasteiger charge is -2.50. The second kappa shape index (κ2) is 12.4. The number of aliphatic hydroxyl groups excluding tert-OH is 2. The van der Waals surface area contributed by atoms with Gasteiger partial charge in [-0.05, 0) is 11.6 Å². The number of carbonyl (C=O) groups is 3. The number of carboxylic acids is 1. The Kier molecular flexibility index (Phi) is 9.55. The molecule has 14 nitrogen and oxygen atoms in total. The second-order valence-electron chi connectivity index (χ2n) is 8.26. The number of hydrogen-bond donors (Lipinski definition) is 4. The summed E-state index contributed by atoms with van der Waals surface area (Å²) in [4.78, 5) is 46.8. The largest absolute Gasteiger partial charge is 0.543 e. The number of fused-ring (bicyclic) bond motifs is 1. The number of allylic oxidation sites excluding steroid dienone is 1. The summed E-state index contributed by atoms with van der Waals surface area (Å²) in [6.07, 6.45) is 3.30. The van der Waals surface area contributed by atoms with E-state index >= 15 is 0 Å². The first kappa shape index (κ1) is 28.5. The maximum atomic E-state index is 12.9. The van der Waals surface area contributed by atoms with Crippen molar-refractivity contribution in [1.29, 1.82) is 0 Å². The summed E-state index contributed by atoms with van der Waals surface area (Å²) in [7, 11) is 1.84. The Morgan fingerprint density at radius 2 is 2.11 bits per heavy atom. The molecule has 1 aromatic heterocycles. The Morgan fingerprint density at radius 1 is 1.41 bits per heavy atom. The first-order valence-corrected chi connectivity index (χ1v) is 12.7. The number of nitrogens with zero attached hydrogens (tertiary/aromatic N) is 5. The number of quaternary nitrogens is 1. The summed E-state index contributed by atoms with van der Waals surface area (Å²) >= 11 is 2.00. The van der Waals surface area contributed by atoms with E-state index in [-0.39, 0.29) is 35.6 Å². The molecule has 17 heteroatoms. The smallest absolute Gasteiger partial charge is 0.278 e. The van der Waals surface area contributed by atoms with E-state index in [1.165, 1.54) is 11.8 Å². The highest BCUT2D eigenvalue weighted by molar-refractivity contribution is 8.00. The van der Waals surface area contributed by atoms with E-state index in [1.54, 1.807) is 12.2 Å². The third-order valence-electron chi connectivity index (χ3n) is 5.70. The summed E-state index contributed by atoms with van der Waals surface area (Å²) in [5, 5.41) is 35.6. The molecular formula is C20H26FN7O7S2. The van der Waals surface area contributed by atoms with E-state index in [0.717, 1.165) is 16.4 Å². The van der Waals surface area contributed by atoms with Crippen LogP contribution >= 0.6 is 23.3 Å². The van der Waals surface area contributed by atoms with Gasteiger partial charge in [0.05, 0.1) is 38.5 Å². The Morgan fingerprint density at radius 3 is 2.68 bits per heavy atom. The number of carboxylic acid groups (broad SMARTS) is 1. The molecule has 0 saturated carbocycles. The molecule has 0 aliphatic carbocycles.